The minimum Gasteiger partial charge on any atom is -0.323 e. The summed E-state index contributed by atoms with van der Waals surface area (Å²) >= 11 is 0. The minimum absolute atomic E-state index is 0.193. The highest BCUT2D eigenvalue weighted by Crippen LogP contribution is 2.34. The minimum atomic E-state index is -4.54. The first-order valence-electron chi connectivity index (χ1n) is 6.08. The monoisotopic (exact) mass is 293 g/mol. The molecule has 3 rings (SSSR count). The summed E-state index contributed by atoms with van der Waals surface area (Å²) in [6, 6.07) is 11.3. The molecule has 0 aliphatic rings. The van der Waals surface area contributed by atoms with Crippen LogP contribution in [-0.2, 0) is 13.2 Å². The summed E-state index contributed by atoms with van der Waals surface area (Å²) in [6.45, 7) is 0. The van der Waals surface area contributed by atoms with Crippen molar-refractivity contribution in [3.05, 3.63) is 54.1 Å². The zero-order valence-corrected chi connectivity index (χ0v) is 10.9. The summed E-state index contributed by atoms with van der Waals surface area (Å²) in [6.07, 6.45) is -4.54. The SMILES string of the molecule is Cn1c(C(F)(F)F)nc2c(-c3cc[c]c(F)c3)cccc21. The smallest absolute Gasteiger partial charge is 0.323 e. The molecule has 0 saturated heterocycles. The van der Waals surface area contributed by atoms with Crippen molar-refractivity contribution < 1.29 is 17.6 Å². The summed E-state index contributed by atoms with van der Waals surface area (Å²) in [5.41, 5.74) is 1.45. The van der Waals surface area contributed by atoms with Gasteiger partial charge in [0.2, 0.25) is 5.82 Å². The van der Waals surface area contributed by atoms with Crippen molar-refractivity contribution in [3.8, 4) is 11.1 Å². The molecule has 21 heavy (non-hydrogen) atoms. The molecule has 0 atom stereocenters. The highest BCUT2D eigenvalue weighted by atomic mass is 19.4. The van der Waals surface area contributed by atoms with Gasteiger partial charge < -0.3 is 4.57 Å². The third-order valence-corrected chi connectivity index (χ3v) is 3.24. The summed E-state index contributed by atoms with van der Waals surface area (Å²) in [4.78, 5) is 3.69. The van der Waals surface area contributed by atoms with Crippen molar-refractivity contribution in [3.63, 3.8) is 0 Å². The number of para-hydroxylation sites is 1. The Morgan fingerprint density at radius 2 is 1.95 bits per heavy atom. The van der Waals surface area contributed by atoms with E-state index in [2.05, 4.69) is 11.1 Å². The molecule has 2 aromatic carbocycles. The first-order chi connectivity index (χ1) is 9.88. The Labute approximate surface area is 117 Å². The number of fused-ring (bicyclic) bond motifs is 1. The van der Waals surface area contributed by atoms with Crippen LogP contribution in [0.15, 0.2) is 36.4 Å². The molecule has 6 heteroatoms. The third-order valence-electron chi connectivity index (χ3n) is 3.24. The Balaban J connectivity index is 2.31. The Hall–Kier alpha value is -2.37. The normalized spacial score (nSPS) is 12.0. The molecule has 1 aromatic heterocycles. The lowest BCUT2D eigenvalue weighted by molar-refractivity contribution is -0.146. The predicted molar refractivity (Wildman–Crippen MR) is 69.9 cm³/mol. The van der Waals surface area contributed by atoms with Gasteiger partial charge in [-0.15, -0.1) is 0 Å². The van der Waals surface area contributed by atoms with E-state index in [1.807, 2.05) is 0 Å². The summed E-state index contributed by atoms with van der Waals surface area (Å²) < 4.78 is 53.1. The fraction of sp³-hybridized carbons (Fsp3) is 0.133. The number of aryl methyl sites for hydroxylation is 1. The van der Waals surface area contributed by atoms with Gasteiger partial charge in [-0.1, -0.05) is 24.3 Å². The number of halogens is 4. The number of rotatable bonds is 1. The molecular formula is C15H9F4N2. The van der Waals surface area contributed by atoms with Crippen LogP contribution in [0, 0.1) is 11.9 Å². The fourth-order valence-electron chi connectivity index (χ4n) is 2.31. The Kier molecular flexibility index (Phi) is 2.97. The number of hydrogen-bond acceptors (Lipinski definition) is 1. The largest absolute Gasteiger partial charge is 0.449 e. The third kappa shape index (κ3) is 2.26. The molecule has 1 radical (unpaired) electrons. The second-order valence-corrected chi connectivity index (χ2v) is 4.59. The van der Waals surface area contributed by atoms with E-state index >= 15 is 0 Å². The zero-order chi connectivity index (χ0) is 15.2. The summed E-state index contributed by atoms with van der Waals surface area (Å²) in [5.74, 6) is -1.55. The zero-order valence-electron chi connectivity index (χ0n) is 10.9. The Morgan fingerprint density at radius 1 is 1.19 bits per heavy atom. The van der Waals surface area contributed by atoms with Crippen LogP contribution in [0.3, 0.4) is 0 Å². The number of nitrogens with zero attached hydrogens (tertiary/aromatic N) is 2. The number of imidazole rings is 1. The van der Waals surface area contributed by atoms with E-state index in [1.165, 1.54) is 19.2 Å². The van der Waals surface area contributed by atoms with E-state index < -0.39 is 17.8 Å². The van der Waals surface area contributed by atoms with Gasteiger partial charge in [-0.25, -0.2) is 9.37 Å². The first kappa shape index (κ1) is 13.6. The van der Waals surface area contributed by atoms with Gasteiger partial charge in [0.25, 0.3) is 0 Å². The maximum atomic E-state index is 13.3. The van der Waals surface area contributed by atoms with Crippen molar-refractivity contribution in [1.82, 2.24) is 9.55 Å². The highest BCUT2D eigenvalue weighted by Gasteiger charge is 2.37. The Bertz CT molecular complexity index is 818. The highest BCUT2D eigenvalue weighted by molar-refractivity contribution is 5.92. The number of hydrogen-bond donors (Lipinski definition) is 0. The molecule has 0 fully saturated rings. The predicted octanol–water partition coefficient (Wildman–Crippen LogP) is 4.20. The fourth-order valence-corrected chi connectivity index (χ4v) is 2.31. The topological polar surface area (TPSA) is 17.8 Å². The van der Waals surface area contributed by atoms with Crippen molar-refractivity contribution in [2.45, 2.75) is 6.18 Å². The molecule has 107 valence electrons. The summed E-state index contributed by atoms with van der Waals surface area (Å²) in [5, 5.41) is 0. The van der Waals surface area contributed by atoms with Crippen LogP contribution in [0.1, 0.15) is 5.82 Å². The molecule has 2 nitrogen and oxygen atoms in total. The van der Waals surface area contributed by atoms with Gasteiger partial charge in [-0.2, -0.15) is 13.2 Å². The molecule has 0 amide bonds. The van der Waals surface area contributed by atoms with E-state index in [0.717, 1.165) is 4.57 Å². The standard InChI is InChI=1S/C15H9F4N2/c1-21-12-7-3-6-11(9-4-2-5-10(16)8-9)13(12)20-14(21)15(17,18)19/h2-4,6-8H,1H3. The molecule has 0 aliphatic carbocycles. The van der Waals surface area contributed by atoms with Crippen LogP contribution < -0.4 is 0 Å². The van der Waals surface area contributed by atoms with E-state index in [-0.39, 0.29) is 5.52 Å². The summed E-state index contributed by atoms with van der Waals surface area (Å²) in [7, 11) is 1.31. The van der Waals surface area contributed by atoms with Gasteiger partial charge in [0.1, 0.15) is 5.82 Å². The van der Waals surface area contributed by atoms with Gasteiger partial charge in [0.05, 0.1) is 11.0 Å². The van der Waals surface area contributed by atoms with Crippen LogP contribution in [0.4, 0.5) is 17.6 Å². The van der Waals surface area contributed by atoms with Crippen molar-refractivity contribution in [2.75, 3.05) is 0 Å². The average molecular weight is 293 g/mol. The maximum Gasteiger partial charge on any atom is 0.449 e. The van der Waals surface area contributed by atoms with E-state index in [0.29, 0.717) is 16.6 Å². The van der Waals surface area contributed by atoms with Crippen molar-refractivity contribution >= 4 is 11.0 Å². The molecule has 0 saturated carbocycles. The first-order valence-corrected chi connectivity index (χ1v) is 6.08. The van der Waals surface area contributed by atoms with E-state index in [9.17, 15) is 17.6 Å². The van der Waals surface area contributed by atoms with Gasteiger partial charge in [-0.3, -0.25) is 0 Å². The quantitative estimate of drug-likeness (QED) is 0.615. The van der Waals surface area contributed by atoms with Crippen molar-refractivity contribution in [1.29, 1.82) is 0 Å². The van der Waals surface area contributed by atoms with Crippen LogP contribution in [0.25, 0.3) is 22.2 Å². The van der Waals surface area contributed by atoms with Crippen molar-refractivity contribution in [2.24, 2.45) is 7.05 Å². The molecule has 1 heterocycles. The van der Waals surface area contributed by atoms with Gasteiger partial charge >= 0.3 is 6.18 Å². The lowest BCUT2D eigenvalue weighted by atomic mass is 10.0. The van der Waals surface area contributed by atoms with E-state index in [4.69, 9.17) is 0 Å². The maximum absolute atomic E-state index is 13.3. The number of alkyl halides is 3. The van der Waals surface area contributed by atoms with E-state index in [1.54, 1.807) is 24.3 Å². The molecule has 0 unspecified atom stereocenters. The second kappa shape index (κ2) is 4.58. The van der Waals surface area contributed by atoms with Crippen LogP contribution in [0.5, 0.6) is 0 Å². The number of benzene rings is 2. The van der Waals surface area contributed by atoms with Crippen LogP contribution in [-0.4, -0.2) is 9.55 Å². The molecular weight excluding hydrogens is 284 g/mol. The van der Waals surface area contributed by atoms with Gasteiger partial charge in [0.15, 0.2) is 0 Å². The molecule has 0 spiro atoms. The van der Waals surface area contributed by atoms with Gasteiger partial charge in [0, 0.05) is 18.7 Å². The Morgan fingerprint density at radius 3 is 2.62 bits per heavy atom. The lowest BCUT2D eigenvalue weighted by Crippen LogP contribution is -2.12. The van der Waals surface area contributed by atoms with Crippen LogP contribution in [0.2, 0.25) is 0 Å². The number of aromatic nitrogens is 2. The molecule has 3 aromatic rings. The van der Waals surface area contributed by atoms with Gasteiger partial charge in [-0.05, 0) is 17.7 Å². The average Bonchev–Trinajstić information content (AvgIpc) is 2.76. The molecule has 0 aliphatic heterocycles. The lowest BCUT2D eigenvalue weighted by Gasteiger charge is -2.05. The second-order valence-electron chi connectivity index (χ2n) is 4.59. The van der Waals surface area contributed by atoms with Crippen LogP contribution >= 0.6 is 0 Å². The molecule has 0 bridgehead atoms. The molecule has 0 N–H and O–H groups in total.